The molecule has 3 rings (SSSR count). The quantitative estimate of drug-likeness (QED) is 0.785. The minimum absolute atomic E-state index is 0.239. The van der Waals surface area contributed by atoms with E-state index in [9.17, 15) is 8.42 Å². The van der Waals surface area contributed by atoms with E-state index in [2.05, 4.69) is 9.71 Å². The number of nitrogens with zero attached hydrogens (tertiary/aromatic N) is 1. The molecule has 6 heteroatoms. The highest BCUT2D eigenvalue weighted by Crippen LogP contribution is 2.15. The van der Waals surface area contributed by atoms with Crippen LogP contribution in [-0.2, 0) is 16.4 Å². The minimum Gasteiger partial charge on any atom is -0.441 e. The van der Waals surface area contributed by atoms with Crippen LogP contribution in [0.5, 0.6) is 0 Å². The summed E-state index contributed by atoms with van der Waals surface area (Å²) in [5.41, 5.74) is 2.50. The smallest absolute Gasteiger partial charge is 0.240 e. The topological polar surface area (TPSA) is 72.2 Å². The SMILES string of the molecule is Cc1ccc(S(=O)(=O)NCCc2nc3ccccc3o2)cc1. The predicted octanol–water partition coefficient (Wildman–Crippen LogP) is 2.66. The number of benzene rings is 2. The van der Waals surface area contributed by atoms with E-state index in [1.807, 2.05) is 31.2 Å². The van der Waals surface area contributed by atoms with Crippen LogP contribution < -0.4 is 4.72 Å². The zero-order chi connectivity index (χ0) is 15.6. The fraction of sp³-hybridized carbons (Fsp3) is 0.188. The lowest BCUT2D eigenvalue weighted by Gasteiger charge is -2.05. The van der Waals surface area contributed by atoms with Crippen molar-refractivity contribution in [3.63, 3.8) is 0 Å². The summed E-state index contributed by atoms with van der Waals surface area (Å²) in [7, 11) is -3.50. The lowest BCUT2D eigenvalue weighted by molar-refractivity contribution is 0.523. The fourth-order valence-corrected chi connectivity index (χ4v) is 3.15. The Morgan fingerprint density at radius 1 is 1.09 bits per heavy atom. The van der Waals surface area contributed by atoms with Crippen LogP contribution in [0.4, 0.5) is 0 Å². The third-order valence-electron chi connectivity index (χ3n) is 3.30. The van der Waals surface area contributed by atoms with Crippen molar-refractivity contribution < 1.29 is 12.8 Å². The predicted molar refractivity (Wildman–Crippen MR) is 84.1 cm³/mol. The molecular formula is C16H16N2O3S. The van der Waals surface area contributed by atoms with E-state index in [0.29, 0.717) is 17.9 Å². The summed E-state index contributed by atoms with van der Waals surface area (Å²) in [6.07, 6.45) is 0.403. The molecule has 0 unspecified atom stereocenters. The molecule has 0 radical (unpaired) electrons. The Morgan fingerprint density at radius 2 is 1.82 bits per heavy atom. The van der Waals surface area contributed by atoms with Crippen molar-refractivity contribution in [2.45, 2.75) is 18.2 Å². The molecule has 2 aromatic carbocycles. The average molecular weight is 316 g/mol. The molecule has 0 atom stereocenters. The van der Waals surface area contributed by atoms with Gasteiger partial charge in [0.05, 0.1) is 4.90 Å². The highest BCUT2D eigenvalue weighted by atomic mass is 32.2. The number of aryl methyl sites for hydroxylation is 1. The Bertz CT molecular complexity index is 850. The van der Waals surface area contributed by atoms with Crippen LogP contribution in [0.25, 0.3) is 11.1 Å². The number of aromatic nitrogens is 1. The number of oxazole rings is 1. The van der Waals surface area contributed by atoms with Crippen LogP contribution >= 0.6 is 0 Å². The van der Waals surface area contributed by atoms with Gasteiger partial charge in [0, 0.05) is 13.0 Å². The Labute approximate surface area is 129 Å². The van der Waals surface area contributed by atoms with Crippen LogP contribution in [0.2, 0.25) is 0 Å². The molecule has 5 nitrogen and oxygen atoms in total. The minimum atomic E-state index is -3.50. The summed E-state index contributed by atoms with van der Waals surface area (Å²) < 4.78 is 32.4. The molecule has 0 aliphatic heterocycles. The van der Waals surface area contributed by atoms with E-state index >= 15 is 0 Å². The van der Waals surface area contributed by atoms with E-state index in [-0.39, 0.29) is 11.4 Å². The van der Waals surface area contributed by atoms with Crippen molar-refractivity contribution in [1.82, 2.24) is 9.71 Å². The van der Waals surface area contributed by atoms with Gasteiger partial charge in [-0.1, -0.05) is 29.8 Å². The first-order valence-electron chi connectivity index (χ1n) is 6.95. The van der Waals surface area contributed by atoms with E-state index in [1.54, 1.807) is 24.3 Å². The normalized spacial score (nSPS) is 11.9. The molecule has 0 saturated carbocycles. The van der Waals surface area contributed by atoms with Crippen molar-refractivity contribution in [2.75, 3.05) is 6.54 Å². The number of para-hydroxylation sites is 2. The van der Waals surface area contributed by atoms with Crippen LogP contribution in [-0.4, -0.2) is 19.9 Å². The van der Waals surface area contributed by atoms with Crippen molar-refractivity contribution in [1.29, 1.82) is 0 Å². The second kappa shape index (κ2) is 5.90. The lowest BCUT2D eigenvalue weighted by atomic mass is 10.2. The third-order valence-corrected chi connectivity index (χ3v) is 4.78. The molecule has 1 aromatic heterocycles. The fourth-order valence-electron chi connectivity index (χ4n) is 2.12. The second-order valence-electron chi connectivity index (χ2n) is 5.04. The maximum atomic E-state index is 12.1. The van der Waals surface area contributed by atoms with Crippen LogP contribution in [0.3, 0.4) is 0 Å². The maximum absolute atomic E-state index is 12.1. The molecule has 0 aliphatic rings. The molecule has 1 N–H and O–H groups in total. The van der Waals surface area contributed by atoms with Gasteiger partial charge in [0.15, 0.2) is 11.5 Å². The summed E-state index contributed by atoms with van der Waals surface area (Å²) in [5.74, 6) is 0.521. The monoisotopic (exact) mass is 316 g/mol. The van der Waals surface area contributed by atoms with E-state index in [4.69, 9.17) is 4.42 Å². The molecular weight excluding hydrogens is 300 g/mol. The molecule has 3 aromatic rings. The van der Waals surface area contributed by atoms with Crippen LogP contribution in [0, 0.1) is 6.92 Å². The van der Waals surface area contributed by atoms with Crippen molar-refractivity contribution in [3.8, 4) is 0 Å². The summed E-state index contributed by atoms with van der Waals surface area (Å²) in [6, 6.07) is 14.2. The Balaban J connectivity index is 1.65. The molecule has 0 spiro atoms. The zero-order valence-electron chi connectivity index (χ0n) is 12.1. The molecule has 0 saturated heterocycles. The number of sulfonamides is 1. The van der Waals surface area contributed by atoms with Gasteiger partial charge in [-0.05, 0) is 31.2 Å². The van der Waals surface area contributed by atoms with Gasteiger partial charge in [-0.25, -0.2) is 18.1 Å². The summed E-state index contributed by atoms with van der Waals surface area (Å²) in [5, 5.41) is 0. The standard InChI is InChI=1S/C16H16N2O3S/c1-12-6-8-13(9-7-12)22(19,20)17-11-10-16-18-14-4-2-3-5-15(14)21-16/h2-9,17H,10-11H2,1H3. The number of hydrogen-bond donors (Lipinski definition) is 1. The first-order chi connectivity index (χ1) is 10.5. The van der Waals surface area contributed by atoms with E-state index in [0.717, 1.165) is 11.1 Å². The van der Waals surface area contributed by atoms with Gasteiger partial charge < -0.3 is 4.42 Å². The van der Waals surface area contributed by atoms with Gasteiger partial charge in [-0.2, -0.15) is 0 Å². The highest BCUT2D eigenvalue weighted by Gasteiger charge is 2.13. The van der Waals surface area contributed by atoms with Crippen molar-refractivity contribution >= 4 is 21.1 Å². The first-order valence-corrected chi connectivity index (χ1v) is 8.44. The average Bonchev–Trinajstić information content (AvgIpc) is 2.90. The number of rotatable bonds is 5. The van der Waals surface area contributed by atoms with Gasteiger partial charge in [-0.15, -0.1) is 0 Å². The van der Waals surface area contributed by atoms with Gasteiger partial charge in [-0.3, -0.25) is 0 Å². The summed E-state index contributed by atoms with van der Waals surface area (Å²) >= 11 is 0. The van der Waals surface area contributed by atoms with Crippen molar-refractivity contribution in [3.05, 3.63) is 60.0 Å². The second-order valence-corrected chi connectivity index (χ2v) is 6.80. The van der Waals surface area contributed by atoms with Crippen LogP contribution in [0.15, 0.2) is 57.8 Å². The van der Waals surface area contributed by atoms with Gasteiger partial charge >= 0.3 is 0 Å². The molecule has 1 heterocycles. The van der Waals surface area contributed by atoms with Crippen LogP contribution in [0.1, 0.15) is 11.5 Å². The molecule has 22 heavy (non-hydrogen) atoms. The first kappa shape index (κ1) is 14.7. The van der Waals surface area contributed by atoms with Crippen molar-refractivity contribution in [2.24, 2.45) is 0 Å². The number of fused-ring (bicyclic) bond motifs is 1. The number of nitrogens with one attached hydrogen (secondary N) is 1. The molecule has 0 fully saturated rings. The summed E-state index contributed by atoms with van der Waals surface area (Å²) in [6.45, 7) is 2.15. The Morgan fingerprint density at radius 3 is 2.55 bits per heavy atom. The third kappa shape index (κ3) is 3.18. The number of hydrogen-bond acceptors (Lipinski definition) is 4. The zero-order valence-corrected chi connectivity index (χ0v) is 12.9. The van der Waals surface area contributed by atoms with Gasteiger partial charge in [0.2, 0.25) is 10.0 Å². The van der Waals surface area contributed by atoms with Gasteiger partial charge in [0.25, 0.3) is 0 Å². The highest BCUT2D eigenvalue weighted by molar-refractivity contribution is 7.89. The maximum Gasteiger partial charge on any atom is 0.240 e. The lowest BCUT2D eigenvalue weighted by Crippen LogP contribution is -2.26. The molecule has 0 aliphatic carbocycles. The molecule has 0 bridgehead atoms. The Hall–Kier alpha value is -2.18. The van der Waals surface area contributed by atoms with Gasteiger partial charge in [0.1, 0.15) is 5.52 Å². The van der Waals surface area contributed by atoms with E-state index < -0.39 is 10.0 Å². The van der Waals surface area contributed by atoms with E-state index in [1.165, 1.54) is 0 Å². The molecule has 114 valence electrons. The summed E-state index contributed by atoms with van der Waals surface area (Å²) in [4.78, 5) is 4.58. The largest absolute Gasteiger partial charge is 0.441 e. The molecule has 0 amide bonds. The Kier molecular flexibility index (Phi) is 3.96.